The van der Waals surface area contributed by atoms with Gasteiger partial charge < -0.3 is 30.1 Å². The van der Waals surface area contributed by atoms with Crippen LogP contribution in [0.3, 0.4) is 0 Å². The molecule has 1 amide bonds. The predicted molar refractivity (Wildman–Crippen MR) is 161 cm³/mol. The van der Waals surface area contributed by atoms with Gasteiger partial charge in [0.05, 0.1) is 25.9 Å². The quantitative estimate of drug-likeness (QED) is 0.201. The minimum Gasteiger partial charge on any atom is -0.410 e. The maximum Gasteiger partial charge on any atom is 0.453 e. The molecule has 0 spiro atoms. The molecule has 1 unspecified atom stereocenters. The molecule has 262 valence electrons. The van der Waals surface area contributed by atoms with E-state index in [9.17, 15) is 46.3 Å². The van der Waals surface area contributed by atoms with Gasteiger partial charge in [-0.05, 0) is 104 Å². The molecule has 7 atom stereocenters. The van der Waals surface area contributed by atoms with Crippen molar-refractivity contribution in [2.75, 3.05) is 38.4 Å². The van der Waals surface area contributed by atoms with Crippen molar-refractivity contribution in [2.24, 2.45) is 23.2 Å². The number of fused-ring (bicyclic) bond motifs is 5. The van der Waals surface area contributed by atoms with Crippen molar-refractivity contribution in [1.29, 1.82) is 0 Å². The zero-order chi connectivity index (χ0) is 33.9. The molecule has 4 rings (SSSR count). The topological polar surface area (TPSA) is 125 Å². The number of rotatable bonds is 14. The lowest BCUT2D eigenvalue weighted by Crippen LogP contribution is -2.57. The number of halogens is 5. The van der Waals surface area contributed by atoms with E-state index in [1.807, 2.05) is 6.07 Å². The van der Waals surface area contributed by atoms with E-state index in [4.69, 9.17) is 9.47 Å². The van der Waals surface area contributed by atoms with Crippen LogP contribution in [0, 0.1) is 23.2 Å². The van der Waals surface area contributed by atoms with Crippen LogP contribution < -0.4 is 10.1 Å². The van der Waals surface area contributed by atoms with Gasteiger partial charge in [-0.3, -0.25) is 4.21 Å². The van der Waals surface area contributed by atoms with Gasteiger partial charge in [0.15, 0.2) is 0 Å². The Morgan fingerprint density at radius 1 is 1.04 bits per heavy atom. The summed E-state index contributed by atoms with van der Waals surface area (Å²) in [6.45, 7) is 0.213. The Hall–Kier alpha value is -1.87. The van der Waals surface area contributed by atoms with Gasteiger partial charge in [-0.15, -0.1) is 0 Å². The zero-order valence-electron chi connectivity index (χ0n) is 26.3. The average Bonchev–Trinajstić information content (AvgIpc) is 3.35. The summed E-state index contributed by atoms with van der Waals surface area (Å²) in [6, 6.07) is 5.48. The van der Waals surface area contributed by atoms with Crippen LogP contribution in [-0.4, -0.2) is 87.8 Å². The molecule has 4 N–H and O–H groups in total. The molecular formula is C32H46F5NO7S. The Morgan fingerprint density at radius 3 is 2.35 bits per heavy atom. The molecule has 0 radical (unpaired) electrons. The molecule has 0 saturated heterocycles. The number of aliphatic hydroxyl groups is 3. The number of hydrogen-bond donors (Lipinski definition) is 4. The van der Waals surface area contributed by atoms with Crippen LogP contribution in [0.15, 0.2) is 18.2 Å². The van der Waals surface area contributed by atoms with E-state index in [0.29, 0.717) is 31.1 Å². The van der Waals surface area contributed by atoms with Crippen LogP contribution in [0.5, 0.6) is 5.75 Å². The molecule has 0 bridgehead atoms. The highest BCUT2D eigenvalue weighted by atomic mass is 32.2. The average molecular weight is 684 g/mol. The molecule has 1 aromatic carbocycles. The number of carbonyl (C=O) groups excluding carboxylic acids is 1. The van der Waals surface area contributed by atoms with Crippen molar-refractivity contribution in [3.05, 3.63) is 29.3 Å². The molecular weight excluding hydrogens is 637 g/mol. The fourth-order valence-corrected chi connectivity index (χ4v) is 9.43. The van der Waals surface area contributed by atoms with Crippen LogP contribution in [0.2, 0.25) is 0 Å². The number of carbonyl (C=O) groups is 1. The lowest BCUT2D eigenvalue weighted by Gasteiger charge is -2.53. The zero-order valence-corrected chi connectivity index (χ0v) is 27.1. The Bertz CT molecular complexity index is 1220. The van der Waals surface area contributed by atoms with Crippen molar-refractivity contribution in [3.63, 3.8) is 0 Å². The number of ether oxygens (including phenoxy) is 2. The number of methoxy groups -OCH3 is 1. The van der Waals surface area contributed by atoms with Gasteiger partial charge in [0.1, 0.15) is 11.3 Å². The highest BCUT2D eigenvalue weighted by Crippen LogP contribution is 2.63. The fourth-order valence-electron chi connectivity index (χ4n) is 8.27. The number of hydrogen-bond acceptors (Lipinski definition) is 7. The fraction of sp³-hybridized carbons (Fsp3) is 0.781. The molecule has 0 aliphatic heterocycles. The number of amides is 1. The second-order valence-corrected chi connectivity index (χ2v) is 15.2. The molecule has 14 heteroatoms. The van der Waals surface area contributed by atoms with Crippen molar-refractivity contribution in [1.82, 2.24) is 5.32 Å². The Labute approximate surface area is 268 Å². The molecule has 2 saturated carbocycles. The van der Waals surface area contributed by atoms with E-state index < -0.39 is 67.2 Å². The maximum absolute atomic E-state index is 13.3. The number of aliphatic hydroxyl groups excluding tert-OH is 3. The first-order valence-corrected chi connectivity index (χ1v) is 17.4. The van der Waals surface area contributed by atoms with Gasteiger partial charge in [-0.1, -0.05) is 13.0 Å². The molecule has 0 heterocycles. The normalized spacial score (nSPS) is 28.6. The second-order valence-electron chi connectivity index (χ2n) is 13.5. The minimum absolute atomic E-state index is 0.0119. The number of benzene rings is 1. The summed E-state index contributed by atoms with van der Waals surface area (Å²) in [7, 11) is 0.230. The van der Waals surface area contributed by atoms with Crippen molar-refractivity contribution in [2.45, 2.75) is 94.4 Å². The van der Waals surface area contributed by atoms with E-state index in [1.165, 1.54) is 5.56 Å². The van der Waals surface area contributed by atoms with Crippen LogP contribution in [0.25, 0.3) is 0 Å². The number of alkyl halides is 5. The summed E-state index contributed by atoms with van der Waals surface area (Å²) in [5, 5.41) is 30.9. The molecule has 1 aromatic rings. The third-order valence-corrected chi connectivity index (χ3v) is 12.3. The summed E-state index contributed by atoms with van der Waals surface area (Å²) < 4.78 is 88.0. The van der Waals surface area contributed by atoms with Gasteiger partial charge in [0, 0.05) is 35.8 Å². The van der Waals surface area contributed by atoms with E-state index in [1.54, 1.807) is 19.2 Å². The smallest absolute Gasteiger partial charge is 0.410 e. The highest BCUT2D eigenvalue weighted by molar-refractivity contribution is 7.84. The molecule has 8 nitrogen and oxygen atoms in total. The van der Waals surface area contributed by atoms with Crippen LogP contribution >= 0.6 is 0 Å². The summed E-state index contributed by atoms with van der Waals surface area (Å²) in [5.74, 6) is -3.39. The Kier molecular flexibility index (Phi) is 11.8. The van der Waals surface area contributed by atoms with E-state index >= 15 is 0 Å². The molecule has 46 heavy (non-hydrogen) atoms. The monoisotopic (exact) mass is 683 g/mol. The van der Waals surface area contributed by atoms with Crippen molar-refractivity contribution in [3.8, 4) is 5.75 Å². The number of nitrogens with one attached hydrogen (secondary N) is 1. The summed E-state index contributed by atoms with van der Waals surface area (Å²) in [5.41, 5.74) is 0.563. The molecule has 3 aliphatic rings. The molecule has 3 aliphatic carbocycles. The van der Waals surface area contributed by atoms with Crippen molar-refractivity contribution >= 4 is 16.9 Å². The second kappa shape index (κ2) is 14.7. The van der Waals surface area contributed by atoms with Crippen molar-refractivity contribution < 1.29 is 55.7 Å². The van der Waals surface area contributed by atoms with Gasteiger partial charge >= 0.3 is 18.2 Å². The molecule has 0 aromatic heterocycles. The lowest BCUT2D eigenvalue weighted by atomic mass is 9.52. The predicted octanol–water partition coefficient (Wildman–Crippen LogP) is 5.09. The Morgan fingerprint density at radius 2 is 1.72 bits per heavy atom. The van der Waals surface area contributed by atoms with Gasteiger partial charge in [-0.2, -0.15) is 22.0 Å². The van der Waals surface area contributed by atoms with Gasteiger partial charge in [0.2, 0.25) is 0 Å². The highest BCUT2D eigenvalue weighted by Gasteiger charge is 2.58. The summed E-state index contributed by atoms with van der Waals surface area (Å²) in [6.07, 6.45) is -2.45. The first-order valence-electron chi connectivity index (χ1n) is 15.9. The van der Waals surface area contributed by atoms with E-state index in [0.717, 1.165) is 31.2 Å². The first kappa shape index (κ1) is 37.0. The van der Waals surface area contributed by atoms with Gasteiger partial charge in [0.25, 0.3) is 0 Å². The van der Waals surface area contributed by atoms with Crippen LogP contribution in [-0.2, 0) is 22.0 Å². The summed E-state index contributed by atoms with van der Waals surface area (Å²) >= 11 is 0. The van der Waals surface area contributed by atoms with Crippen LogP contribution in [0.1, 0.15) is 75.3 Å². The van der Waals surface area contributed by atoms with E-state index in [2.05, 4.69) is 12.2 Å². The summed E-state index contributed by atoms with van der Waals surface area (Å²) in [4.78, 5) is 12.6. The third-order valence-electron chi connectivity index (χ3n) is 10.8. The lowest BCUT2D eigenvalue weighted by molar-refractivity contribution is -0.284. The third kappa shape index (κ3) is 7.71. The first-order chi connectivity index (χ1) is 21.6. The SMILES string of the molecule is CO[C@H]1CC[C@H]2[C@@H]3[C@H](CCCS(=O)CCCC(F)(F)C(F)(F)F)Cc4cc(OC(=O)NC(CO)(CO)CO)ccc4[C@H]3CC[C@]12C. The standard InChI is InChI=1S/C32H46F5NO7S/c1-29-12-10-24-23-7-6-22(45-28(42)38-30(17-39,18-40)19-41)16-21(23)15-20(27(24)25(29)8-9-26(29)44-2)5-3-13-46(43)14-4-11-31(33,34)32(35,36)37/h6-7,16,20,24-27,39-41H,3-5,8-15,17-19H2,1-2H3,(H,38,42)/t20-,24-,25+,26+,27-,29+,46?/m1/s1. The largest absolute Gasteiger partial charge is 0.453 e. The molecule has 2 fully saturated rings. The van der Waals surface area contributed by atoms with Crippen LogP contribution in [0.4, 0.5) is 26.7 Å². The minimum atomic E-state index is -5.61. The Balaban J connectivity index is 1.48. The van der Waals surface area contributed by atoms with Gasteiger partial charge in [-0.25, -0.2) is 4.79 Å². The van der Waals surface area contributed by atoms with E-state index in [-0.39, 0.29) is 40.6 Å². The maximum atomic E-state index is 13.3.